The number of aryl methyl sites for hydroxylation is 1. The first-order valence-electron chi connectivity index (χ1n) is 6.04. The average Bonchev–Trinajstić information content (AvgIpc) is 2.75. The van der Waals surface area contributed by atoms with Crippen molar-refractivity contribution in [2.75, 3.05) is 14.1 Å². The van der Waals surface area contributed by atoms with Gasteiger partial charge in [0.1, 0.15) is 5.65 Å². The Hall–Kier alpha value is -1.88. The summed E-state index contributed by atoms with van der Waals surface area (Å²) in [5.41, 5.74) is 2.14. The molecule has 0 spiro atoms. The van der Waals surface area contributed by atoms with Gasteiger partial charge in [0.05, 0.1) is 0 Å². The van der Waals surface area contributed by atoms with E-state index in [1.807, 2.05) is 17.7 Å². The van der Waals surface area contributed by atoms with Crippen molar-refractivity contribution >= 4 is 16.9 Å². The standard InChI is InChI=1S/C13H18N4O/c1-14-8-10-9-17(7-5-12(18)15-2)13-11(10)4-3-6-16-13/h3-4,6,9,14H,5,7-8H2,1-2H3,(H,15,18). The molecule has 2 aromatic heterocycles. The van der Waals surface area contributed by atoms with Gasteiger partial charge in [0, 0.05) is 44.3 Å². The summed E-state index contributed by atoms with van der Waals surface area (Å²) in [6.45, 7) is 1.45. The molecule has 0 saturated heterocycles. The second kappa shape index (κ2) is 5.64. The van der Waals surface area contributed by atoms with Gasteiger partial charge in [-0.05, 0) is 24.7 Å². The second-order valence-electron chi connectivity index (χ2n) is 4.18. The van der Waals surface area contributed by atoms with Gasteiger partial charge in [-0.15, -0.1) is 0 Å². The van der Waals surface area contributed by atoms with Gasteiger partial charge in [-0.2, -0.15) is 0 Å². The number of carbonyl (C=O) groups is 1. The lowest BCUT2D eigenvalue weighted by Crippen LogP contribution is -2.19. The van der Waals surface area contributed by atoms with Gasteiger partial charge in [-0.25, -0.2) is 4.98 Å². The SMILES string of the molecule is CNCc1cn(CCC(=O)NC)c2ncccc12. The zero-order valence-electron chi connectivity index (χ0n) is 10.7. The highest BCUT2D eigenvalue weighted by Gasteiger charge is 2.09. The van der Waals surface area contributed by atoms with Crippen molar-refractivity contribution in [3.05, 3.63) is 30.1 Å². The largest absolute Gasteiger partial charge is 0.359 e. The zero-order chi connectivity index (χ0) is 13.0. The summed E-state index contributed by atoms with van der Waals surface area (Å²) in [6.07, 6.45) is 4.31. The second-order valence-corrected chi connectivity index (χ2v) is 4.18. The molecule has 18 heavy (non-hydrogen) atoms. The molecule has 5 heteroatoms. The van der Waals surface area contributed by atoms with E-state index in [2.05, 4.69) is 27.9 Å². The fourth-order valence-electron chi connectivity index (χ4n) is 2.04. The Morgan fingerprint density at radius 1 is 1.44 bits per heavy atom. The fraction of sp³-hybridized carbons (Fsp3) is 0.385. The molecule has 2 rings (SSSR count). The molecule has 96 valence electrons. The molecule has 0 aromatic carbocycles. The van der Waals surface area contributed by atoms with E-state index in [4.69, 9.17) is 0 Å². The van der Waals surface area contributed by atoms with Crippen LogP contribution in [0.25, 0.3) is 11.0 Å². The summed E-state index contributed by atoms with van der Waals surface area (Å²) in [5.74, 6) is 0.0444. The van der Waals surface area contributed by atoms with E-state index in [1.54, 1.807) is 13.2 Å². The molecular formula is C13H18N4O. The Morgan fingerprint density at radius 3 is 3.00 bits per heavy atom. The van der Waals surface area contributed by atoms with Gasteiger partial charge in [0.25, 0.3) is 0 Å². The highest BCUT2D eigenvalue weighted by atomic mass is 16.1. The van der Waals surface area contributed by atoms with Crippen molar-refractivity contribution < 1.29 is 4.79 Å². The molecular weight excluding hydrogens is 228 g/mol. The van der Waals surface area contributed by atoms with Crippen molar-refractivity contribution in [1.82, 2.24) is 20.2 Å². The lowest BCUT2D eigenvalue weighted by atomic mass is 10.2. The lowest BCUT2D eigenvalue weighted by molar-refractivity contribution is -0.120. The minimum absolute atomic E-state index is 0.0444. The van der Waals surface area contributed by atoms with Gasteiger partial charge in [-0.3, -0.25) is 4.79 Å². The molecule has 2 aromatic rings. The smallest absolute Gasteiger partial charge is 0.221 e. The molecule has 0 fully saturated rings. The lowest BCUT2D eigenvalue weighted by Gasteiger charge is -2.03. The highest BCUT2D eigenvalue weighted by Crippen LogP contribution is 2.19. The fourth-order valence-corrected chi connectivity index (χ4v) is 2.04. The first-order chi connectivity index (χ1) is 8.76. The number of carbonyl (C=O) groups excluding carboxylic acids is 1. The summed E-state index contributed by atoms with van der Waals surface area (Å²) in [4.78, 5) is 15.7. The maximum atomic E-state index is 11.3. The van der Waals surface area contributed by atoms with Crippen LogP contribution >= 0.6 is 0 Å². The van der Waals surface area contributed by atoms with Crippen LogP contribution < -0.4 is 10.6 Å². The third kappa shape index (κ3) is 2.51. The van der Waals surface area contributed by atoms with Gasteiger partial charge in [0.15, 0.2) is 0 Å². The first-order valence-corrected chi connectivity index (χ1v) is 6.04. The Morgan fingerprint density at radius 2 is 2.28 bits per heavy atom. The van der Waals surface area contributed by atoms with Crippen LogP contribution in [0.5, 0.6) is 0 Å². The minimum atomic E-state index is 0.0444. The van der Waals surface area contributed by atoms with E-state index in [9.17, 15) is 4.79 Å². The van der Waals surface area contributed by atoms with E-state index < -0.39 is 0 Å². The molecule has 0 unspecified atom stereocenters. The number of hydrogen-bond acceptors (Lipinski definition) is 3. The summed E-state index contributed by atoms with van der Waals surface area (Å²) in [5, 5.41) is 6.92. The summed E-state index contributed by atoms with van der Waals surface area (Å²) in [7, 11) is 3.57. The van der Waals surface area contributed by atoms with E-state index in [0.29, 0.717) is 13.0 Å². The number of fused-ring (bicyclic) bond motifs is 1. The van der Waals surface area contributed by atoms with Gasteiger partial charge >= 0.3 is 0 Å². The van der Waals surface area contributed by atoms with Crippen LogP contribution in [0.3, 0.4) is 0 Å². The molecule has 0 radical (unpaired) electrons. The van der Waals surface area contributed by atoms with E-state index in [-0.39, 0.29) is 5.91 Å². The molecule has 0 bridgehead atoms. The van der Waals surface area contributed by atoms with Crippen LogP contribution in [0.4, 0.5) is 0 Å². The van der Waals surface area contributed by atoms with Crippen molar-refractivity contribution in [2.24, 2.45) is 0 Å². The minimum Gasteiger partial charge on any atom is -0.359 e. The summed E-state index contributed by atoms with van der Waals surface area (Å²) >= 11 is 0. The first kappa shape index (κ1) is 12.6. The molecule has 0 saturated carbocycles. The number of amides is 1. The normalized spacial score (nSPS) is 10.8. The topological polar surface area (TPSA) is 59.0 Å². The highest BCUT2D eigenvalue weighted by molar-refractivity contribution is 5.81. The molecule has 1 amide bonds. The van der Waals surface area contributed by atoms with Crippen LogP contribution in [0.1, 0.15) is 12.0 Å². The Balaban J connectivity index is 2.29. The van der Waals surface area contributed by atoms with E-state index in [1.165, 1.54) is 5.56 Å². The maximum absolute atomic E-state index is 11.3. The maximum Gasteiger partial charge on any atom is 0.221 e. The van der Waals surface area contributed by atoms with Crippen molar-refractivity contribution in [3.8, 4) is 0 Å². The number of aromatic nitrogens is 2. The van der Waals surface area contributed by atoms with Crippen LogP contribution in [-0.2, 0) is 17.9 Å². The zero-order valence-corrected chi connectivity index (χ0v) is 10.7. The third-order valence-electron chi connectivity index (χ3n) is 2.94. The van der Waals surface area contributed by atoms with Gasteiger partial charge in [-0.1, -0.05) is 0 Å². The van der Waals surface area contributed by atoms with E-state index in [0.717, 1.165) is 17.6 Å². The van der Waals surface area contributed by atoms with E-state index >= 15 is 0 Å². The summed E-state index contributed by atoms with van der Waals surface area (Å²) in [6, 6.07) is 4.00. The Kier molecular flexibility index (Phi) is 3.94. The van der Waals surface area contributed by atoms with Crippen LogP contribution in [0.15, 0.2) is 24.5 Å². The van der Waals surface area contributed by atoms with Crippen LogP contribution in [0.2, 0.25) is 0 Å². The van der Waals surface area contributed by atoms with Gasteiger partial charge in [0.2, 0.25) is 5.91 Å². The Labute approximate surface area is 106 Å². The molecule has 0 atom stereocenters. The number of nitrogens with zero attached hydrogens (tertiary/aromatic N) is 2. The summed E-state index contributed by atoms with van der Waals surface area (Å²) < 4.78 is 2.04. The molecule has 0 aliphatic rings. The molecule has 0 aliphatic heterocycles. The predicted molar refractivity (Wildman–Crippen MR) is 71.2 cm³/mol. The number of rotatable bonds is 5. The predicted octanol–water partition coefficient (Wildman–Crippen LogP) is 0.892. The number of pyridine rings is 1. The van der Waals surface area contributed by atoms with Crippen LogP contribution in [-0.4, -0.2) is 29.6 Å². The van der Waals surface area contributed by atoms with Crippen LogP contribution in [0, 0.1) is 0 Å². The average molecular weight is 246 g/mol. The van der Waals surface area contributed by atoms with Gasteiger partial charge < -0.3 is 15.2 Å². The number of nitrogens with one attached hydrogen (secondary N) is 2. The molecule has 2 N–H and O–H groups in total. The molecule has 0 aliphatic carbocycles. The quantitative estimate of drug-likeness (QED) is 0.824. The molecule has 2 heterocycles. The van der Waals surface area contributed by atoms with Crippen molar-refractivity contribution in [1.29, 1.82) is 0 Å². The van der Waals surface area contributed by atoms with Crippen molar-refractivity contribution in [2.45, 2.75) is 19.5 Å². The third-order valence-corrected chi connectivity index (χ3v) is 2.94. The Bertz CT molecular complexity index is 547. The van der Waals surface area contributed by atoms with Crippen molar-refractivity contribution in [3.63, 3.8) is 0 Å². The molecule has 5 nitrogen and oxygen atoms in total. The number of hydrogen-bond donors (Lipinski definition) is 2. The monoisotopic (exact) mass is 246 g/mol.